The lowest BCUT2D eigenvalue weighted by Gasteiger charge is -2.17. The Morgan fingerprint density at radius 3 is 2.25 bits per heavy atom. The summed E-state index contributed by atoms with van der Waals surface area (Å²) >= 11 is 5.80. The minimum Gasteiger partial charge on any atom is -0.467 e. The van der Waals surface area contributed by atoms with Crippen LogP contribution in [0.5, 0.6) is 0 Å². The van der Waals surface area contributed by atoms with Gasteiger partial charge in [0, 0.05) is 23.1 Å². The molecule has 1 amide bonds. The number of ether oxygens (including phenoxy) is 1. The molecule has 1 atom stereocenters. The van der Waals surface area contributed by atoms with Gasteiger partial charge in [-0.3, -0.25) is 4.79 Å². The first-order valence-electron chi connectivity index (χ1n) is 6.98. The highest BCUT2D eigenvalue weighted by atomic mass is 35.5. The molecule has 2 aromatic carbocycles. The summed E-state index contributed by atoms with van der Waals surface area (Å²) in [5.41, 5.74) is 0.512. The lowest BCUT2D eigenvalue weighted by molar-refractivity contribution is -0.142. The second-order valence-electron chi connectivity index (χ2n) is 5.04. The maximum atomic E-state index is 13.2. The van der Waals surface area contributed by atoms with Gasteiger partial charge in [0.15, 0.2) is 0 Å². The monoisotopic (exact) mass is 353 g/mol. The minimum atomic E-state index is -1.00. The highest BCUT2D eigenvalue weighted by Gasteiger charge is 2.23. The lowest BCUT2D eigenvalue weighted by atomic mass is 10.1. The molecule has 0 aliphatic heterocycles. The molecular weight excluding hydrogens is 340 g/mol. The molecule has 1 N–H and O–H groups in total. The van der Waals surface area contributed by atoms with Gasteiger partial charge in [0.2, 0.25) is 0 Å². The number of carbonyl (C=O) groups is 2. The van der Waals surface area contributed by atoms with E-state index in [1.54, 1.807) is 24.3 Å². The maximum absolute atomic E-state index is 13.2. The average molecular weight is 354 g/mol. The number of halogens is 3. The zero-order chi connectivity index (χ0) is 17.7. The Balaban J connectivity index is 2.17. The molecule has 2 aromatic rings. The van der Waals surface area contributed by atoms with E-state index in [-0.39, 0.29) is 12.0 Å². The number of hydrogen-bond acceptors (Lipinski definition) is 3. The van der Waals surface area contributed by atoms with Gasteiger partial charge in [-0.2, -0.15) is 0 Å². The van der Waals surface area contributed by atoms with Crippen molar-refractivity contribution in [2.75, 3.05) is 7.11 Å². The van der Waals surface area contributed by atoms with Crippen molar-refractivity contribution in [2.45, 2.75) is 12.5 Å². The molecule has 2 rings (SSSR count). The van der Waals surface area contributed by atoms with Gasteiger partial charge in [0.25, 0.3) is 5.91 Å². The third-order valence-electron chi connectivity index (χ3n) is 3.27. The van der Waals surface area contributed by atoms with E-state index in [1.165, 1.54) is 7.11 Å². The second kappa shape index (κ2) is 7.88. The van der Waals surface area contributed by atoms with Crippen molar-refractivity contribution < 1.29 is 23.1 Å². The first kappa shape index (κ1) is 17.9. The average Bonchev–Trinajstić information content (AvgIpc) is 2.54. The highest BCUT2D eigenvalue weighted by Crippen LogP contribution is 2.13. The van der Waals surface area contributed by atoms with Crippen LogP contribution in [-0.2, 0) is 16.0 Å². The summed E-state index contributed by atoms with van der Waals surface area (Å²) in [6.07, 6.45) is 0.146. The van der Waals surface area contributed by atoms with Crippen LogP contribution in [0.4, 0.5) is 8.78 Å². The molecule has 0 fully saturated rings. The predicted molar refractivity (Wildman–Crippen MR) is 84.8 cm³/mol. The number of benzene rings is 2. The molecule has 7 heteroatoms. The normalized spacial score (nSPS) is 11.7. The topological polar surface area (TPSA) is 55.4 Å². The van der Waals surface area contributed by atoms with Crippen molar-refractivity contribution in [3.63, 3.8) is 0 Å². The van der Waals surface area contributed by atoms with Gasteiger partial charge in [0.05, 0.1) is 7.11 Å². The number of rotatable bonds is 5. The fraction of sp³-hybridized carbons (Fsp3) is 0.176. The highest BCUT2D eigenvalue weighted by molar-refractivity contribution is 6.30. The summed E-state index contributed by atoms with van der Waals surface area (Å²) < 4.78 is 31.1. The molecule has 4 nitrogen and oxygen atoms in total. The molecule has 0 heterocycles. The van der Waals surface area contributed by atoms with Crippen LogP contribution < -0.4 is 5.32 Å². The summed E-state index contributed by atoms with van der Waals surface area (Å²) in [5, 5.41) is 2.96. The molecule has 0 aliphatic carbocycles. The SMILES string of the molecule is COC(=O)[C@H](Cc1ccc(Cl)cc1)NC(=O)c1cc(F)cc(F)c1. The van der Waals surface area contributed by atoms with Crippen LogP contribution in [0.2, 0.25) is 5.02 Å². The number of esters is 1. The van der Waals surface area contributed by atoms with Crippen molar-refractivity contribution in [1.82, 2.24) is 5.32 Å². The molecule has 0 aromatic heterocycles. The maximum Gasteiger partial charge on any atom is 0.328 e. The van der Waals surface area contributed by atoms with Crippen LogP contribution in [0, 0.1) is 11.6 Å². The third-order valence-corrected chi connectivity index (χ3v) is 3.52. The van der Waals surface area contributed by atoms with E-state index in [1.807, 2.05) is 0 Å². The molecule has 0 saturated heterocycles. The Kier molecular flexibility index (Phi) is 5.87. The number of amides is 1. The van der Waals surface area contributed by atoms with E-state index in [9.17, 15) is 18.4 Å². The quantitative estimate of drug-likeness (QED) is 0.840. The fourth-order valence-corrected chi connectivity index (χ4v) is 2.24. The largest absolute Gasteiger partial charge is 0.467 e. The molecule has 126 valence electrons. The predicted octanol–water partition coefficient (Wildman–Crippen LogP) is 3.13. The Morgan fingerprint density at radius 2 is 1.71 bits per heavy atom. The molecule has 0 spiro atoms. The number of carbonyl (C=O) groups excluding carboxylic acids is 2. The van der Waals surface area contributed by atoms with Gasteiger partial charge in [-0.25, -0.2) is 13.6 Å². The van der Waals surface area contributed by atoms with Crippen molar-refractivity contribution in [3.05, 3.63) is 70.2 Å². The smallest absolute Gasteiger partial charge is 0.328 e. The van der Waals surface area contributed by atoms with Crippen molar-refractivity contribution in [3.8, 4) is 0 Å². The van der Waals surface area contributed by atoms with Crippen molar-refractivity contribution in [1.29, 1.82) is 0 Å². The van der Waals surface area contributed by atoms with Crippen molar-refractivity contribution in [2.24, 2.45) is 0 Å². The zero-order valence-electron chi connectivity index (χ0n) is 12.7. The number of nitrogens with one attached hydrogen (secondary N) is 1. The summed E-state index contributed by atoms with van der Waals surface area (Å²) in [7, 11) is 1.19. The van der Waals surface area contributed by atoms with E-state index >= 15 is 0 Å². The molecule has 0 unspecified atom stereocenters. The fourth-order valence-electron chi connectivity index (χ4n) is 2.12. The van der Waals surface area contributed by atoms with Gasteiger partial charge in [-0.05, 0) is 29.8 Å². The van der Waals surface area contributed by atoms with E-state index in [2.05, 4.69) is 10.1 Å². The Labute approximate surface area is 142 Å². The van der Waals surface area contributed by atoms with Crippen LogP contribution >= 0.6 is 11.6 Å². The van der Waals surface area contributed by atoms with E-state index < -0.39 is 29.6 Å². The Hall–Kier alpha value is -2.47. The molecule has 0 bridgehead atoms. The first-order valence-corrected chi connectivity index (χ1v) is 7.36. The minimum absolute atomic E-state index is 0.146. The number of hydrogen-bond donors (Lipinski definition) is 1. The van der Waals surface area contributed by atoms with Gasteiger partial charge in [-0.1, -0.05) is 23.7 Å². The summed E-state index contributed by atoms with van der Waals surface area (Å²) in [6, 6.07) is 8.12. The first-order chi connectivity index (χ1) is 11.4. The summed E-state index contributed by atoms with van der Waals surface area (Å²) in [5.74, 6) is -3.21. The molecule has 0 aliphatic rings. The van der Waals surface area contributed by atoms with Crippen LogP contribution in [0.1, 0.15) is 15.9 Å². The summed E-state index contributed by atoms with van der Waals surface area (Å²) in [6.45, 7) is 0. The van der Waals surface area contributed by atoms with Crippen molar-refractivity contribution >= 4 is 23.5 Å². The molecule has 24 heavy (non-hydrogen) atoms. The molecule has 0 saturated carbocycles. The standard InChI is InChI=1S/C17H14ClF2NO3/c1-24-17(23)15(6-10-2-4-12(18)5-3-10)21-16(22)11-7-13(19)9-14(20)8-11/h2-5,7-9,15H,6H2,1H3,(H,21,22)/t15-/m0/s1. The Morgan fingerprint density at radius 1 is 1.12 bits per heavy atom. The molecule has 0 radical (unpaired) electrons. The van der Waals surface area contributed by atoms with Gasteiger partial charge in [0.1, 0.15) is 17.7 Å². The summed E-state index contributed by atoms with van der Waals surface area (Å²) in [4.78, 5) is 24.0. The van der Waals surface area contributed by atoms with Gasteiger partial charge in [-0.15, -0.1) is 0 Å². The second-order valence-corrected chi connectivity index (χ2v) is 5.47. The zero-order valence-corrected chi connectivity index (χ0v) is 13.4. The van der Waals surface area contributed by atoms with Crippen LogP contribution in [-0.4, -0.2) is 25.0 Å². The van der Waals surface area contributed by atoms with Crippen LogP contribution in [0.15, 0.2) is 42.5 Å². The van der Waals surface area contributed by atoms with E-state index in [0.717, 1.165) is 17.7 Å². The van der Waals surface area contributed by atoms with Crippen LogP contribution in [0.25, 0.3) is 0 Å². The third kappa shape index (κ3) is 4.76. The van der Waals surface area contributed by atoms with Gasteiger partial charge < -0.3 is 10.1 Å². The molecular formula is C17H14ClF2NO3. The van der Waals surface area contributed by atoms with E-state index in [0.29, 0.717) is 11.1 Å². The number of methoxy groups -OCH3 is 1. The lowest BCUT2D eigenvalue weighted by Crippen LogP contribution is -2.43. The van der Waals surface area contributed by atoms with Crippen LogP contribution in [0.3, 0.4) is 0 Å². The Bertz CT molecular complexity index is 730. The van der Waals surface area contributed by atoms with Gasteiger partial charge >= 0.3 is 5.97 Å². The van der Waals surface area contributed by atoms with E-state index in [4.69, 9.17) is 11.6 Å².